The molecule has 1 aliphatic carbocycles. The van der Waals surface area contributed by atoms with Gasteiger partial charge in [0, 0.05) is 31.8 Å². The minimum Gasteiger partial charge on any atom is -0.396 e. The molecule has 3 heteroatoms. The summed E-state index contributed by atoms with van der Waals surface area (Å²) in [7, 11) is 0. The molecule has 0 bridgehead atoms. The van der Waals surface area contributed by atoms with Gasteiger partial charge >= 0.3 is 0 Å². The Kier molecular flexibility index (Phi) is 4.09. The van der Waals surface area contributed by atoms with Crippen molar-refractivity contribution in [2.24, 2.45) is 5.92 Å². The monoisotopic (exact) mass is 184 g/mol. The molecule has 1 fully saturated rings. The van der Waals surface area contributed by atoms with E-state index in [0.29, 0.717) is 25.0 Å². The molecule has 1 aliphatic rings. The number of aliphatic hydroxyl groups is 1. The van der Waals surface area contributed by atoms with E-state index in [1.807, 2.05) is 0 Å². The third-order valence-electron chi connectivity index (χ3n) is 2.59. The summed E-state index contributed by atoms with van der Waals surface area (Å²) in [5.41, 5.74) is 0. The molecule has 1 atom stereocenters. The van der Waals surface area contributed by atoms with Gasteiger partial charge in [-0.15, -0.1) is 0 Å². The first kappa shape index (κ1) is 10.4. The summed E-state index contributed by atoms with van der Waals surface area (Å²) in [6.07, 6.45) is 4.01. The largest absolute Gasteiger partial charge is 0.396 e. The lowest BCUT2D eigenvalue weighted by Gasteiger charge is -2.05. The number of aliphatic hydroxyl groups excluding tert-OH is 1. The van der Waals surface area contributed by atoms with Crippen LogP contribution in [0.5, 0.6) is 0 Å². The maximum absolute atomic E-state index is 11.2. The van der Waals surface area contributed by atoms with Gasteiger partial charge in [0.05, 0.1) is 0 Å². The first-order chi connectivity index (χ1) is 6.24. The van der Waals surface area contributed by atoms with Crippen LogP contribution < -0.4 is 0 Å². The van der Waals surface area contributed by atoms with E-state index in [9.17, 15) is 9.59 Å². The van der Waals surface area contributed by atoms with Crippen LogP contribution in [0.1, 0.15) is 38.5 Å². The molecule has 0 saturated heterocycles. The Bertz CT molecular complexity index is 198. The molecule has 0 aromatic rings. The zero-order valence-electron chi connectivity index (χ0n) is 7.79. The minimum absolute atomic E-state index is 0.0715. The normalized spacial score (nSPS) is 22.2. The zero-order valence-corrected chi connectivity index (χ0v) is 7.79. The molecule has 0 spiro atoms. The number of rotatable bonds is 5. The lowest BCUT2D eigenvalue weighted by Crippen LogP contribution is -2.09. The molecule has 0 heterocycles. The van der Waals surface area contributed by atoms with E-state index < -0.39 is 0 Å². The molecule has 1 saturated carbocycles. The molecule has 0 aromatic heterocycles. The van der Waals surface area contributed by atoms with Crippen LogP contribution in [-0.2, 0) is 9.59 Å². The molecular weight excluding hydrogens is 168 g/mol. The third-order valence-corrected chi connectivity index (χ3v) is 2.59. The summed E-state index contributed by atoms with van der Waals surface area (Å²) >= 11 is 0. The van der Waals surface area contributed by atoms with Gasteiger partial charge in [-0.05, 0) is 19.3 Å². The molecule has 1 unspecified atom stereocenters. The van der Waals surface area contributed by atoms with Crippen molar-refractivity contribution in [1.29, 1.82) is 0 Å². The second kappa shape index (κ2) is 5.12. The highest BCUT2D eigenvalue weighted by Crippen LogP contribution is 2.25. The molecule has 0 aromatic carbocycles. The number of Topliss-reactive ketones (excluding diaryl/α,β-unsaturated/α-hetero) is 2. The van der Waals surface area contributed by atoms with Crippen molar-refractivity contribution >= 4 is 11.6 Å². The van der Waals surface area contributed by atoms with E-state index in [1.54, 1.807) is 0 Å². The summed E-state index contributed by atoms with van der Waals surface area (Å²) in [6, 6.07) is 0. The van der Waals surface area contributed by atoms with Crippen molar-refractivity contribution in [2.75, 3.05) is 6.61 Å². The second-order valence-corrected chi connectivity index (χ2v) is 3.61. The number of carbonyl (C=O) groups excluding carboxylic acids is 2. The van der Waals surface area contributed by atoms with Gasteiger partial charge in [-0.3, -0.25) is 9.59 Å². The summed E-state index contributed by atoms with van der Waals surface area (Å²) < 4.78 is 0. The SMILES string of the molecule is O=C(CCO)CCC1CCCC1=O. The quantitative estimate of drug-likeness (QED) is 0.695. The number of ketones is 2. The Morgan fingerprint density at radius 3 is 2.77 bits per heavy atom. The molecule has 1 N–H and O–H groups in total. The maximum Gasteiger partial charge on any atom is 0.135 e. The van der Waals surface area contributed by atoms with Crippen LogP contribution in [0, 0.1) is 5.92 Å². The van der Waals surface area contributed by atoms with Crippen LogP contribution in [0.2, 0.25) is 0 Å². The zero-order chi connectivity index (χ0) is 9.68. The molecular formula is C10H16O3. The second-order valence-electron chi connectivity index (χ2n) is 3.61. The van der Waals surface area contributed by atoms with E-state index in [-0.39, 0.29) is 24.7 Å². The van der Waals surface area contributed by atoms with Gasteiger partial charge in [0.2, 0.25) is 0 Å². The Morgan fingerprint density at radius 2 is 2.23 bits per heavy atom. The fraction of sp³-hybridized carbons (Fsp3) is 0.800. The van der Waals surface area contributed by atoms with Gasteiger partial charge in [-0.2, -0.15) is 0 Å². The molecule has 0 aliphatic heterocycles. The lowest BCUT2D eigenvalue weighted by molar-refractivity contribution is -0.122. The number of hydrogen-bond acceptors (Lipinski definition) is 3. The topological polar surface area (TPSA) is 54.4 Å². The fourth-order valence-corrected chi connectivity index (χ4v) is 1.78. The highest BCUT2D eigenvalue weighted by Gasteiger charge is 2.24. The van der Waals surface area contributed by atoms with Crippen molar-refractivity contribution in [3.05, 3.63) is 0 Å². The molecule has 0 radical (unpaired) electrons. The van der Waals surface area contributed by atoms with Gasteiger partial charge in [-0.1, -0.05) is 0 Å². The maximum atomic E-state index is 11.2. The van der Waals surface area contributed by atoms with Gasteiger partial charge in [0.15, 0.2) is 0 Å². The smallest absolute Gasteiger partial charge is 0.135 e. The predicted molar refractivity (Wildman–Crippen MR) is 48.3 cm³/mol. The van der Waals surface area contributed by atoms with Crippen molar-refractivity contribution in [2.45, 2.75) is 38.5 Å². The van der Waals surface area contributed by atoms with Gasteiger partial charge in [0.25, 0.3) is 0 Å². The van der Waals surface area contributed by atoms with E-state index in [1.165, 1.54) is 0 Å². The Hall–Kier alpha value is -0.700. The Morgan fingerprint density at radius 1 is 1.46 bits per heavy atom. The van der Waals surface area contributed by atoms with Crippen molar-refractivity contribution < 1.29 is 14.7 Å². The number of hydrogen-bond donors (Lipinski definition) is 1. The summed E-state index contributed by atoms with van der Waals surface area (Å²) in [6.45, 7) is -0.0720. The van der Waals surface area contributed by atoms with Crippen molar-refractivity contribution in [3.8, 4) is 0 Å². The first-order valence-electron chi connectivity index (χ1n) is 4.89. The molecule has 13 heavy (non-hydrogen) atoms. The Labute approximate surface area is 78.1 Å². The van der Waals surface area contributed by atoms with Crippen LogP contribution in [0.25, 0.3) is 0 Å². The lowest BCUT2D eigenvalue weighted by atomic mass is 9.98. The van der Waals surface area contributed by atoms with Crippen LogP contribution in [-0.4, -0.2) is 23.3 Å². The summed E-state index contributed by atoms with van der Waals surface area (Å²) in [5.74, 6) is 0.515. The van der Waals surface area contributed by atoms with Crippen molar-refractivity contribution in [1.82, 2.24) is 0 Å². The van der Waals surface area contributed by atoms with E-state index in [2.05, 4.69) is 0 Å². The highest BCUT2D eigenvalue weighted by atomic mass is 16.3. The van der Waals surface area contributed by atoms with Gasteiger partial charge in [-0.25, -0.2) is 0 Å². The fourth-order valence-electron chi connectivity index (χ4n) is 1.78. The Balaban J connectivity index is 2.18. The average Bonchev–Trinajstić information content (AvgIpc) is 2.48. The summed E-state index contributed by atoms with van der Waals surface area (Å²) in [5, 5.41) is 8.49. The summed E-state index contributed by atoms with van der Waals surface area (Å²) in [4.78, 5) is 22.2. The van der Waals surface area contributed by atoms with Crippen LogP contribution in [0.15, 0.2) is 0 Å². The molecule has 3 nitrogen and oxygen atoms in total. The van der Waals surface area contributed by atoms with Crippen LogP contribution in [0.3, 0.4) is 0 Å². The minimum atomic E-state index is -0.0720. The van der Waals surface area contributed by atoms with E-state index >= 15 is 0 Å². The van der Waals surface area contributed by atoms with E-state index in [4.69, 9.17) is 5.11 Å². The highest BCUT2D eigenvalue weighted by molar-refractivity contribution is 5.84. The third kappa shape index (κ3) is 3.27. The predicted octanol–water partition coefficient (Wildman–Crippen LogP) is 1.09. The van der Waals surface area contributed by atoms with Crippen LogP contribution in [0.4, 0.5) is 0 Å². The number of carbonyl (C=O) groups is 2. The van der Waals surface area contributed by atoms with Gasteiger partial charge < -0.3 is 5.11 Å². The first-order valence-corrected chi connectivity index (χ1v) is 4.89. The van der Waals surface area contributed by atoms with Crippen LogP contribution >= 0.6 is 0 Å². The van der Waals surface area contributed by atoms with Crippen molar-refractivity contribution in [3.63, 3.8) is 0 Å². The molecule has 74 valence electrons. The van der Waals surface area contributed by atoms with E-state index in [0.717, 1.165) is 12.8 Å². The van der Waals surface area contributed by atoms with Gasteiger partial charge in [0.1, 0.15) is 11.6 Å². The molecule has 0 amide bonds. The standard InChI is InChI=1S/C10H16O3/c11-7-6-9(12)5-4-8-2-1-3-10(8)13/h8,11H,1-7H2. The molecule has 1 rings (SSSR count). The average molecular weight is 184 g/mol.